The molecule has 0 bridgehead atoms. The Hall–Kier alpha value is -3.16. The predicted molar refractivity (Wildman–Crippen MR) is 103 cm³/mol. The van der Waals surface area contributed by atoms with Gasteiger partial charge in [-0.2, -0.15) is 0 Å². The van der Waals surface area contributed by atoms with Crippen molar-refractivity contribution in [1.82, 2.24) is 10.4 Å². The molecule has 0 aromatic heterocycles. The number of carbonyl (C=O) groups is 2. The monoisotopic (exact) mass is 406 g/mol. The maximum absolute atomic E-state index is 14.3. The molecule has 0 aliphatic rings. The molecule has 0 spiro atoms. The van der Waals surface area contributed by atoms with Gasteiger partial charge in [0.1, 0.15) is 18.0 Å². The molecule has 2 amide bonds. The van der Waals surface area contributed by atoms with E-state index in [0.717, 1.165) is 11.1 Å². The molecule has 156 valence electrons. The van der Waals surface area contributed by atoms with E-state index < -0.39 is 23.4 Å². The Bertz CT molecular complexity index is 864. The van der Waals surface area contributed by atoms with Crippen LogP contribution in [0.3, 0.4) is 0 Å². The molecule has 0 fully saturated rings. The van der Waals surface area contributed by atoms with E-state index in [4.69, 9.17) is 9.47 Å². The minimum Gasteiger partial charge on any atom is -0.486 e. The van der Waals surface area contributed by atoms with Crippen LogP contribution in [0.4, 0.5) is 13.6 Å². The second-order valence-electron chi connectivity index (χ2n) is 7.23. The largest absolute Gasteiger partial charge is 0.486 e. The topological polar surface area (TPSA) is 67.9 Å². The van der Waals surface area contributed by atoms with Crippen molar-refractivity contribution in [3.63, 3.8) is 0 Å². The van der Waals surface area contributed by atoms with E-state index in [1.54, 1.807) is 27.7 Å². The van der Waals surface area contributed by atoms with Crippen molar-refractivity contribution in [2.24, 2.45) is 0 Å². The standard InChI is InChI=1S/C21H24F2N2O4/c1-5-25(20(27)29-21(2,3)4)24-19(26)15-8-11-18(17(23)12-15)28-13-14-6-9-16(22)10-7-14/h6-12H,5,13H2,1-4H3,(H,24,26). The van der Waals surface area contributed by atoms with E-state index in [2.05, 4.69) is 5.43 Å². The van der Waals surface area contributed by atoms with Crippen LogP contribution in [-0.4, -0.2) is 29.2 Å². The molecule has 2 aromatic carbocycles. The molecule has 0 radical (unpaired) electrons. The van der Waals surface area contributed by atoms with Gasteiger partial charge in [0.15, 0.2) is 11.6 Å². The van der Waals surface area contributed by atoms with Gasteiger partial charge in [-0.1, -0.05) is 12.1 Å². The van der Waals surface area contributed by atoms with Crippen molar-refractivity contribution in [1.29, 1.82) is 0 Å². The van der Waals surface area contributed by atoms with Gasteiger partial charge in [-0.25, -0.2) is 18.6 Å². The summed E-state index contributed by atoms with van der Waals surface area (Å²) in [6.07, 6.45) is -0.715. The zero-order valence-electron chi connectivity index (χ0n) is 16.8. The molecule has 0 aliphatic carbocycles. The normalized spacial score (nSPS) is 11.0. The van der Waals surface area contributed by atoms with Gasteiger partial charge in [-0.05, 0) is 63.6 Å². The molecule has 1 N–H and O–H groups in total. The summed E-state index contributed by atoms with van der Waals surface area (Å²) in [5.41, 5.74) is 2.36. The van der Waals surface area contributed by atoms with Gasteiger partial charge in [0.2, 0.25) is 0 Å². The highest BCUT2D eigenvalue weighted by atomic mass is 19.1. The Kier molecular flexibility index (Phi) is 7.14. The van der Waals surface area contributed by atoms with Crippen molar-refractivity contribution in [2.45, 2.75) is 39.9 Å². The highest BCUT2D eigenvalue weighted by Gasteiger charge is 2.23. The Morgan fingerprint density at radius 3 is 2.28 bits per heavy atom. The summed E-state index contributed by atoms with van der Waals surface area (Å²) in [6.45, 7) is 7.01. The number of nitrogens with zero attached hydrogens (tertiary/aromatic N) is 1. The number of hydrogen-bond acceptors (Lipinski definition) is 4. The number of benzene rings is 2. The molecule has 29 heavy (non-hydrogen) atoms. The van der Waals surface area contributed by atoms with Crippen molar-refractivity contribution in [2.75, 3.05) is 6.54 Å². The molecule has 0 saturated carbocycles. The van der Waals surface area contributed by atoms with Crippen LogP contribution in [-0.2, 0) is 11.3 Å². The Morgan fingerprint density at radius 1 is 1.07 bits per heavy atom. The summed E-state index contributed by atoms with van der Waals surface area (Å²) in [7, 11) is 0. The fourth-order valence-corrected chi connectivity index (χ4v) is 2.26. The summed E-state index contributed by atoms with van der Waals surface area (Å²) < 4.78 is 37.8. The van der Waals surface area contributed by atoms with E-state index in [1.165, 1.54) is 36.4 Å². The smallest absolute Gasteiger partial charge is 0.429 e. The maximum atomic E-state index is 14.3. The Morgan fingerprint density at radius 2 is 1.72 bits per heavy atom. The van der Waals surface area contributed by atoms with Crippen molar-refractivity contribution in [3.8, 4) is 5.75 Å². The lowest BCUT2D eigenvalue weighted by Crippen LogP contribution is -2.48. The third kappa shape index (κ3) is 6.74. The first kappa shape index (κ1) is 22.1. The van der Waals surface area contributed by atoms with E-state index in [0.29, 0.717) is 5.56 Å². The van der Waals surface area contributed by atoms with Crippen molar-refractivity contribution < 1.29 is 27.8 Å². The highest BCUT2D eigenvalue weighted by Crippen LogP contribution is 2.20. The molecule has 2 aromatic rings. The number of hydrazine groups is 1. The van der Waals surface area contributed by atoms with Crippen LogP contribution in [0.1, 0.15) is 43.6 Å². The molecule has 2 rings (SSSR count). The summed E-state index contributed by atoms with van der Waals surface area (Å²) in [6, 6.07) is 9.34. The van der Waals surface area contributed by atoms with E-state index in [1.807, 2.05) is 0 Å². The fraction of sp³-hybridized carbons (Fsp3) is 0.333. The van der Waals surface area contributed by atoms with Gasteiger partial charge >= 0.3 is 6.09 Å². The number of nitrogens with one attached hydrogen (secondary N) is 1. The second-order valence-corrected chi connectivity index (χ2v) is 7.23. The Balaban J connectivity index is 2.01. The maximum Gasteiger partial charge on any atom is 0.429 e. The quantitative estimate of drug-likeness (QED) is 0.745. The van der Waals surface area contributed by atoms with Crippen LogP contribution in [0.25, 0.3) is 0 Å². The molecule has 0 atom stereocenters. The van der Waals surface area contributed by atoms with E-state index in [-0.39, 0.29) is 30.3 Å². The van der Waals surface area contributed by atoms with Gasteiger partial charge < -0.3 is 9.47 Å². The molecule has 0 saturated heterocycles. The molecular weight excluding hydrogens is 382 g/mol. The zero-order chi connectivity index (χ0) is 21.6. The van der Waals surface area contributed by atoms with E-state index in [9.17, 15) is 18.4 Å². The average Bonchev–Trinajstić information content (AvgIpc) is 2.64. The van der Waals surface area contributed by atoms with Gasteiger partial charge in [0, 0.05) is 12.1 Å². The Labute approximate surface area is 168 Å². The van der Waals surface area contributed by atoms with Crippen LogP contribution in [0.15, 0.2) is 42.5 Å². The number of rotatable bonds is 5. The fourth-order valence-electron chi connectivity index (χ4n) is 2.26. The predicted octanol–water partition coefficient (Wildman–Crippen LogP) is 4.45. The first-order chi connectivity index (χ1) is 13.6. The van der Waals surface area contributed by atoms with Crippen molar-refractivity contribution >= 4 is 12.0 Å². The summed E-state index contributed by atoms with van der Waals surface area (Å²) >= 11 is 0. The summed E-state index contributed by atoms with van der Waals surface area (Å²) in [5.74, 6) is -1.82. The first-order valence-corrected chi connectivity index (χ1v) is 9.07. The van der Waals surface area contributed by atoms with Crippen LogP contribution in [0, 0.1) is 11.6 Å². The second kappa shape index (κ2) is 9.36. The molecule has 0 aliphatic heterocycles. The molecule has 6 nitrogen and oxygen atoms in total. The third-order valence-electron chi connectivity index (χ3n) is 3.67. The third-order valence-corrected chi connectivity index (χ3v) is 3.67. The molecule has 8 heteroatoms. The number of halogens is 2. The summed E-state index contributed by atoms with van der Waals surface area (Å²) in [4.78, 5) is 24.4. The van der Waals surface area contributed by atoms with Gasteiger partial charge in [0.25, 0.3) is 5.91 Å². The van der Waals surface area contributed by atoms with Gasteiger partial charge in [-0.3, -0.25) is 10.2 Å². The average molecular weight is 406 g/mol. The van der Waals surface area contributed by atoms with Gasteiger partial charge in [0.05, 0.1) is 0 Å². The number of hydrogen-bond donors (Lipinski definition) is 1. The van der Waals surface area contributed by atoms with Gasteiger partial charge in [-0.15, -0.1) is 0 Å². The first-order valence-electron chi connectivity index (χ1n) is 9.07. The molecule has 0 unspecified atom stereocenters. The lowest BCUT2D eigenvalue weighted by molar-refractivity contribution is 0.0146. The van der Waals surface area contributed by atoms with E-state index >= 15 is 0 Å². The van der Waals surface area contributed by atoms with Crippen molar-refractivity contribution in [3.05, 3.63) is 65.2 Å². The number of carbonyl (C=O) groups excluding carboxylic acids is 2. The summed E-state index contributed by atoms with van der Waals surface area (Å²) in [5, 5.41) is 1.00. The number of ether oxygens (including phenoxy) is 2. The highest BCUT2D eigenvalue weighted by molar-refractivity contribution is 5.95. The minimum atomic E-state index is -0.736. The lowest BCUT2D eigenvalue weighted by atomic mass is 10.2. The zero-order valence-corrected chi connectivity index (χ0v) is 16.8. The SMILES string of the molecule is CCN(NC(=O)c1ccc(OCc2ccc(F)cc2)c(F)c1)C(=O)OC(C)(C)C. The van der Waals surface area contributed by atoms with Crippen LogP contribution in [0.2, 0.25) is 0 Å². The number of amides is 2. The minimum absolute atomic E-state index is 0.0126. The van der Waals surface area contributed by atoms with Crippen LogP contribution < -0.4 is 10.2 Å². The molecule has 0 heterocycles. The lowest BCUT2D eigenvalue weighted by Gasteiger charge is -2.26. The van der Waals surface area contributed by atoms with Crippen LogP contribution in [0.5, 0.6) is 5.75 Å². The van der Waals surface area contributed by atoms with Crippen LogP contribution >= 0.6 is 0 Å². The molecular formula is C21H24F2N2O4.